The van der Waals surface area contributed by atoms with Crippen LogP contribution in [0, 0.1) is 0 Å². The molecule has 0 spiro atoms. The Morgan fingerprint density at radius 1 is 0.826 bits per heavy atom. The lowest BCUT2D eigenvalue weighted by atomic mass is 9.80. The zero-order valence-corrected chi connectivity index (χ0v) is 12.7. The van der Waals surface area contributed by atoms with Crippen LogP contribution in [0.5, 0.6) is 0 Å². The van der Waals surface area contributed by atoms with Gasteiger partial charge in [0.2, 0.25) is 0 Å². The molecular formula is C15H9Cl2F5O. The smallest absolute Gasteiger partial charge is 0.374 e. The molecule has 1 N–H and O–H groups in total. The Hall–Kier alpha value is -1.37. The van der Waals surface area contributed by atoms with Crippen molar-refractivity contribution in [2.45, 2.75) is 17.7 Å². The predicted octanol–water partition coefficient (Wildman–Crippen LogP) is 5.43. The van der Waals surface area contributed by atoms with Crippen molar-refractivity contribution in [1.82, 2.24) is 0 Å². The molecule has 2 aromatic carbocycles. The molecule has 0 aromatic heterocycles. The molecule has 0 radical (unpaired) electrons. The van der Waals surface area contributed by atoms with E-state index in [4.69, 9.17) is 23.2 Å². The van der Waals surface area contributed by atoms with Crippen LogP contribution < -0.4 is 0 Å². The van der Waals surface area contributed by atoms with Gasteiger partial charge in [-0.15, -0.1) is 0 Å². The summed E-state index contributed by atoms with van der Waals surface area (Å²) >= 11 is 11.4. The first-order chi connectivity index (χ1) is 10.5. The molecule has 0 amide bonds. The lowest BCUT2D eigenvalue weighted by molar-refractivity contribution is -0.336. The highest BCUT2D eigenvalue weighted by molar-refractivity contribution is 6.31. The Balaban J connectivity index is 2.83. The van der Waals surface area contributed by atoms with Gasteiger partial charge in [-0.05, 0) is 23.8 Å². The lowest BCUT2D eigenvalue weighted by Gasteiger charge is -2.38. The molecule has 0 saturated heterocycles. The quantitative estimate of drug-likeness (QED) is 0.714. The molecule has 0 saturated carbocycles. The van der Waals surface area contributed by atoms with Gasteiger partial charge in [-0.25, -0.2) is 0 Å². The summed E-state index contributed by atoms with van der Waals surface area (Å²) in [6, 6.07) is 8.76. The van der Waals surface area contributed by atoms with Gasteiger partial charge in [-0.2, -0.15) is 22.0 Å². The van der Waals surface area contributed by atoms with Crippen LogP contribution in [0.15, 0.2) is 48.5 Å². The number of alkyl halides is 5. The van der Waals surface area contributed by atoms with Gasteiger partial charge >= 0.3 is 12.1 Å². The highest BCUT2D eigenvalue weighted by Gasteiger charge is 2.71. The molecule has 1 unspecified atom stereocenters. The largest absolute Gasteiger partial charge is 0.457 e. The number of rotatable bonds is 3. The van der Waals surface area contributed by atoms with Crippen molar-refractivity contribution in [2.24, 2.45) is 0 Å². The Morgan fingerprint density at radius 2 is 1.43 bits per heavy atom. The van der Waals surface area contributed by atoms with Crippen LogP contribution >= 0.6 is 23.2 Å². The van der Waals surface area contributed by atoms with E-state index in [1.54, 1.807) is 0 Å². The average Bonchev–Trinajstić information content (AvgIpc) is 2.45. The molecule has 0 aliphatic carbocycles. The molecule has 1 nitrogen and oxygen atoms in total. The summed E-state index contributed by atoms with van der Waals surface area (Å²) in [4.78, 5) is 0. The zero-order valence-electron chi connectivity index (χ0n) is 11.2. The van der Waals surface area contributed by atoms with Crippen LogP contribution in [0.25, 0.3) is 0 Å². The summed E-state index contributed by atoms with van der Waals surface area (Å²) in [6.45, 7) is 0. The van der Waals surface area contributed by atoms with Crippen molar-refractivity contribution in [1.29, 1.82) is 0 Å². The van der Waals surface area contributed by atoms with Crippen LogP contribution in [0.2, 0.25) is 10.0 Å². The second-order valence-electron chi connectivity index (χ2n) is 4.77. The van der Waals surface area contributed by atoms with E-state index in [9.17, 15) is 27.1 Å². The third-order valence-corrected chi connectivity index (χ3v) is 3.88. The van der Waals surface area contributed by atoms with Gasteiger partial charge < -0.3 is 5.11 Å². The maximum atomic E-state index is 14.2. The second kappa shape index (κ2) is 5.92. The maximum absolute atomic E-state index is 14.2. The Morgan fingerprint density at radius 3 is 1.96 bits per heavy atom. The maximum Gasteiger partial charge on any atom is 0.457 e. The first-order valence-electron chi connectivity index (χ1n) is 6.20. The van der Waals surface area contributed by atoms with E-state index in [0.29, 0.717) is 0 Å². The third-order valence-electron chi connectivity index (χ3n) is 3.32. The van der Waals surface area contributed by atoms with Gasteiger partial charge in [-0.1, -0.05) is 53.5 Å². The number of benzene rings is 2. The van der Waals surface area contributed by atoms with Crippen LogP contribution in [0.1, 0.15) is 11.1 Å². The number of hydrogen-bond donors (Lipinski definition) is 1. The summed E-state index contributed by atoms with van der Waals surface area (Å²) in [5, 5.41) is 9.97. The minimum absolute atomic E-state index is 0.106. The molecule has 0 aliphatic heterocycles. The summed E-state index contributed by atoms with van der Waals surface area (Å²) in [7, 11) is 0. The summed E-state index contributed by atoms with van der Waals surface area (Å²) in [5.74, 6) is -5.50. The Labute approximate surface area is 138 Å². The predicted molar refractivity (Wildman–Crippen MR) is 76.9 cm³/mol. The second-order valence-corrected chi connectivity index (χ2v) is 5.62. The molecule has 0 heterocycles. The molecule has 0 aliphatic rings. The number of halogens is 7. The first-order valence-corrected chi connectivity index (χ1v) is 6.95. The molecule has 8 heteroatoms. The molecule has 2 aromatic rings. The number of hydrogen-bond acceptors (Lipinski definition) is 1. The van der Waals surface area contributed by atoms with E-state index in [-0.39, 0.29) is 5.02 Å². The third kappa shape index (κ3) is 2.91. The standard InChI is InChI=1S/C15H9Cl2F5O/c16-10-5-3-4-9(8-10)13(23,14(18,19)15(20,21)22)11-6-1-2-7-12(11)17/h1-8,23H. The topological polar surface area (TPSA) is 20.2 Å². The van der Waals surface area contributed by atoms with Crippen LogP contribution in [-0.2, 0) is 5.60 Å². The fourth-order valence-electron chi connectivity index (χ4n) is 2.18. The van der Waals surface area contributed by atoms with E-state index >= 15 is 0 Å². The van der Waals surface area contributed by atoms with Crippen molar-refractivity contribution < 1.29 is 27.1 Å². The Kier molecular flexibility index (Phi) is 4.63. The SMILES string of the molecule is OC(c1cccc(Cl)c1)(c1ccccc1Cl)C(F)(F)C(F)(F)F. The molecule has 1 atom stereocenters. The zero-order chi connectivity index (χ0) is 17.5. The molecule has 0 bridgehead atoms. The fraction of sp³-hybridized carbons (Fsp3) is 0.200. The molecule has 23 heavy (non-hydrogen) atoms. The van der Waals surface area contributed by atoms with Gasteiger partial charge in [0.05, 0.1) is 0 Å². The van der Waals surface area contributed by atoms with Crippen LogP contribution in [0.3, 0.4) is 0 Å². The molecule has 0 fully saturated rings. The van der Waals surface area contributed by atoms with Gasteiger partial charge in [0.15, 0.2) is 5.60 Å². The van der Waals surface area contributed by atoms with Crippen molar-refractivity contribution in [3.63, 3.8) is 0 Å². The van der Waals surface area contributed by atoms with Gasteiger partial charge in [0.1, 0.15) is 0 Å². The Bertz CT molecular complexity index is 717. The highest BCUT2D eigenvalue weighted by Crippen LogP contribution is 2.53. The van der Waals surface area contributed by atoms with E-state index in [1.165, 1.54) is 18.2 Å². The van der Waals surface area contributed by atoms with Crippen LogP contribution in [0.4, 0.5) is 22.0 Å². The van der Waals surface area contributed by atoms with Crippen LogP contribution in [-0.4, -0.2) is 17.2 Å². The van der Waals surface area contributed by atoms with Crippen molar-refractivity contribution in [2.75, 3.05) is 0 Å². The van der Waals surface area contributed by atoms with E-state index in [1.807, 2.05) is 0 Å². The van der Waals surface area contributed by atoms with E-state index < -0.39 is 33.8 Å². The van der Waals surface area contributed by atoms with E-state index in [2.05, 4.69) is 0 Å². The van der Waals surface area contributed by atoms with Crippen molar-refractivity contribution >= 4 is 23.2 Å². The summed E-state index contributed by atoms with van der Waals surface area (Å²) < 4.78 is 67.2. The monoisotopic (exact) mass is 370 g/mol. The van der Waals surface area contributed by atoms with Gasteiger partial charge in [-0.3, -0.25) is 0 Å². The van der Waals surface area contributed by atoms with Gasteiger partial charge in [0, 0.05) is 15.6 Å². The minimum atomic E-state index is -6.01. The van der Waals surface area contributed by atoms with E-state index in [0.717, 1.165) is 30.3 Å². The lowest BCUT2D eigenvalue weighted by Crippen LogP contribution is -2.55. The molecule has 2 rings (SSSR count). The minimum Gasteiger partial charge on any atom is -0.374 e. The normalized spacial score (nSPS) is 15.3. The van der Waals surface area contributed by atoms with Crippen molar-refractivity contribution in [3.05, 3.63) is 69.7 Å². The fourth-order valence-corrected chi connectivity index (χ4v) is 2.64. The average molecular weight is 371 g/mol. The molecular weight excluding hydrogens is 362 g/mol. The summed E-state index contributed by atoms with van der Waals surface area (Å²) in [5.41, 5.74) is -5.22. The molecule has 124 valence electrons. The summed E-state index contributed by atoms with van der Waals surface area (Å²) in [6.07, 6.45) is -6.01. The highest BCUT2D eigenvalue weighted by atomic mass is 35.5. The number of aliphatic hydroxyl groups is 1. The van der Waals surface area contributed by atoms with Crippen molar-refractivity contribution in [3.8, 4) is 0 Å². The first kappa shape index (κ1) is 18.0. The van der Waals surface area contributed by atoms with Gasteiger partial charge in [0.25, 0.3) is 0 Å².